The van der Waals surface area contributed by atoms with E-state index in [0.29, 0.717) is 6.54 Å². The van der Waals surface area contributed by atoms with Crippen LogP contribution in [0.15, 0.2) is 0 Å². The molecule has 7 heteroatoms. The van der Waals surface area contributed by atoms with Crippen molar-refractivity contribution >= 4 is 10.9 Å². The monoisotopic (exact) mass is 267 g/mol. The normalized spacial score (nSPS) is 17.7. The molecule has 0 aromatic carbocycles. The molecule has 0 bridgehead atoms. The number of rotatable bonds is 8. The number of hydrogen-bond acceptors (Lipinski definition) is 5. The van der Waals surface area contributed by atoms with E-state index in [2.05, 4.69) is 5.32 Å². The molecule has 0 spiro atoms. The molecule has 3 atom stereocenters. The SMILES string of the molecule is CCNC(O)N(C)[C@H](CC)[C@@H](C)N(C)[SH](=O)=O. The Hall–Kier alpha value is -0.210. The Bertz CT molecular complexity index is 278. The number of hydrogen-bond donors (Lipinski definition) is 3. The second-order valence-electron chi connectivity index (χ2n) is 4.12. The van der Waals surface area contributed by atoms with Crippen molar-refractivity contribution in [1.29, 1.82) is 0 Å². The van der Waals surface area contributed by atoms with Gasteiger partial charge in [0.15, 0.2) is 6.35 Å². The summed E-state index contributed by atoms with van der Waals surface area (Å²) < 4.78 is 23.2. The first kappa shape index (κ1) is 16.8. The van der Waals surface area contributed by atoms with Crippen molar-refractivity contribution in [2.75, 3.05) is 20.6 Å². The molecule has 0 aromatic rings. The van der Waals surface area contributed by atoms with Crippen LogP contribution in [0.4, 0.5) is 0 Å². The highest BCUT2D eigenvalue weighted by atomic mass is 32.2. The summed E-state index contributed by atoms with van der Waals surface area (Å²) in [6, 6.07) is -0.221. The van der Waals surface area contributed by atoms with Gasteiger partial charge < -0.3 is 5.11 Å². The molecule has 0 heterocycles. The number of nitrogens with zero attached hydrogens (tertiary/aromatic N) is 2. The van der Waals surface area contributed by atoms with Crippen molar-refractivity contribution in [3.8, 4) is 0 Å². The van der Waals surface area contributed by atoms with E-state index in [0.717, 1.165) is 6.42 Å². The molecule has 0 aromatic heterocycles. The largest absolute Gasteiger partial charge is 0.365 e. The zero-order valence-electron chi connectivity index (χ0n) is 11.3. The van der Waals surface area contributed by atoms with Gasteiger partial charge in [-0.05, 0) is 26.9 Å². The zero-order valence-corrected chi connectivity index (χ0v) is 12.1. The highest BCUT2D eigenvalue weighted by Gasteiger charge is 2.27. The van der Waals surface area contributed by atoms with Crippen LogP contribution in [0.3, 0.4) is 0 Å². The van der Waals surface area contributed by atoms with Crippen molar-refractivity contribution in [2.45, 2.75) is 45.6 Å². The fourth-order valence-electron chi connectivity index (χ4n) is 1.88. The first-order valence-corrected chi connectivity index (χ1v) is 7.00. The average molecular weight is 267 g/mol. The van der Waals surface area contributed by atoms with Crippen molar-refractivity contribution < 1.29 is 13.5 Å². The summed E-state index contributed by atoms with van der Waals surface area (Å²) >= 11 is 0. The van der Waals surface area contributed by atoms with Crippen LogP contribution in [0.1, 0.15) is 27.2 Å². The minimum atomic E-state index is -2.59. The van der Waals surface area contributed by atoms with Gasteiger partial charge in [0.25, 0.3) is 0 Å². The topological polar surface area (TPSA) is 72.9 Å². The Morgan fingerprint density at radius 1 is 1.29 bits per heavy atom. The van der Waals surface area contributed by atoms with Crippen LogP contribution in [0.5, 0.6) is 0 Å². The lowest BCUT2D eigenvalue weighted by Gasteiger charge is -2.37. The number of likely N-dealkylation sites (N-methyl/N-ethyl adjacent to an activating group) is 2. The Morgan fingerprint density at radius 2 is 1.82 bits per heavy atom. The van der Waals surface area contributed by atoms with Gasteiger partial charge >= 0.3 is 0 Å². The summed E-state index contributed by atoms with van der Waals surface area (Å²) in [4.78, 5) is 1.75. The van der Waals surface area contributed by atoms with Crippen LogP contribution in [-0.2, 0) is 10.9 Å². The molecule has 0 radical (unpaired) electrons. The van der Waals surface area contributed by atoms with Crippen LogP contribution in [0, 0.1) is 0 Å². The molecule has 2 N–H and O–H groups in total. The van der Waals surface area contributed by atoms with E-state index >= 15 is 0 Å². The number of thiol groups is 1. The van der Waals surface area contributed by atoms with Crippen LogP contribution < -0.4 is 5.32 Å². The van der Waals surface area contributed by atoms with E-state index in [-0.39, 0.29) is 12.1 Å². The van der Waals surface area contributed by atoms with E-state index < -0.39 is 17.2 Å². The maximum absolute atomic E-state index is 10.9. The third kappa shape index (κ3) is 4.89. The van der Waals surface area contributed by atoms with Crippen molar-refractivity contribution in [1.82, 2.24) is 14.5 Å². The fraction of sp³-hybridized carbons (Fsp3) is 1.00. The van der Waals surface area contributed by atoms with Gasteiger partial charge in [0.2, 0.25) is 10.9 Å². The molecular weight excluding hydrogens is 242 g/mol. The molecule has 6 nitrogen and oxygen atoms in total. The highest BCUT2D eigenvalue weighted by Crippen LogP contribution is 2.13. The number of aliphatic hydroxyl groups is 1. The quantitative estimate of drug-likeness (QED) is 0.406. The first-order chi connectivity index (χ1) is 7.86. The standard InChI is InChI=1S/C10H25N3O3S/c1-6-9(8(3)13(5)17(15)16)12(4)10(14)11-7-2/h8-11,14,17H,6-7H2,1-5H3/t8-,9-,10?/m1/s1. The molecule has 0 saturated carbocycles. The summed E-state index contributed by atoms with van der Waals surface area (Å²) in [6.07, 6.45) is -0.00138. The molecule has 0 saturated heterocycles. The summed E-state index contributed by atoms with van der Waals surface area (Å²) in [7, 11) is 0.743. The van der Waals surface area contributed by atoms with E-state index in [4.69, 9.17) is 0 Å². The van der Waals surface area contributed by atoms with Crippen LogP contribution in [0.25, 0.3) is 0 Å². The van der Waals surface area contributed by atoms with E-state index in [1.807, 2.05) is 20.8 Å². The second kappa shape index (κ2) is 7.99. The van der Waals surface area contributed by atoms with Gasteiger partial charge in [-0.3, -0.25) is 10.2 Å². The van der Waals surface area contributed by atoms with E-state index in [1.54, 1.807) is 19.0 Å². The van der Waals surface area contributed by atoms with Gasteiger partial charge in [0.05, 0.1) is 0 Å². The van der Waals surface area contributed by atoms with Crippen LogP contribution in [-0.4, -0.2) is 61.8 Å². The molecule has 0 amide bonds. The molecule has 104 valence electrons. The smallest absolute Gasteiger partial charge is 0.203 e. The summed E-state index contributed by atoms with van der Waals surface area (Å²) in [5.74, 6) is 0. The molecule has 0 rings (SSSR count). The van der Waals surface area contributed by atoms with Crippen molar-refractivity contribution in [3.63, 3.8) is 0 Å². The van der Waals surface area contributed by atoms with Crippen molar-refractivity contribution in [3.05, 3.63) is 0 Å². The minimum Gasteiger partial charge on any atom is -0.365 e. The predicted molar refractivity (Wildman–Crippen MR) is 69.1 cm³/mol. The molecule has 0 aliphatic heterocycles. The Balaban J connectivity index is 4.70. The number of nitrogens with one attached hydrogen (secondary N) is 1. The summed E-state index contributed by atoms with van der Waals surface area (Å²) in [5.41, 5.74) is 0. The van der Waals surface area contributed by atoms with E-state index in [1.165, 1.54) is 4.31 Å². The Labute approximate surface area is 106 Å². The van der Waals surface area contributed by atoms with E-state index in [9.17, 15) is 13.5 Å². The van der Waals surface area contributed by atoms with Crippen LogP contribution in [0.2, 0.25) is 0 Å². The number of aliphatic hydroxyl groups excluding tert-OH is 1. The van der Waals surface area contributed by atoms with Crippen LogP contribution >= 0.6 is 0 Å². The minimum absolute atomic E-state index is 0.0399. The average Bonchev–Trinajstić information content (AvgIpc) is 2.28. The molecule has 0 aliphatic carbocycles. The summed E-state index contributed by atoms with van der Waals surface area (Å²) in [6.45, 7) is 6.38. The van der Waals surface area contributed by atoms with Crippen molar-refractivity contribution in [2.24, 2.45) is 0 Å². The first-order valence-electron chi connectivity index (χ1n) is 5.87. The molecule has 1 unspecified atom stereocenters. The molecule has 0 fully saturated rings. The van der Waals surface area contributed by atoms with Gasteiger partial charge in [-0.1, -0.05) is 13.8 Å². The summed E-state index contributed by atoms with van der Waals surface area (Å²) in [5, 5.41) is 12.7. The second-order valence-corrected chi connectivity index (χ2v) is 5.23. The molecule has 0 aliphatic rings. The lowest BCUT2D eigenvalue weighted by Crippen LogP contribution is -2.54. The Kier molecular flexibility index (Phi) is 7.89. The Morgan fingerprint density at radius 3 is 2.18 bits per heavy atom. The van der Waals surface area contributed by atoms with Gasteiger partial charge in [0.1, 0.15) is 0 Å². The molecular formula is C10H25N3O3S. The van der Waals surface area contributed by atoms with Gasteiger partial charge in [-0.2, -0.15) is 0 Å². The highest BCUT2D eigenvalue weighted by molar-refractivity contribution is 7.69. The third-order valence-electron chi connectivity index (χ3n) is 3.12. The molecule has 17 heavy (non-hydrogen) atoms. The van der Waals surface area contributed by atoms with Gasteiger partial charge in [-0.15, -0.1) is 0 Å². The fourth-order valence-corrected chi connectivity index (χ4v) is 2.33. The maximum Gasteiger partial charge on any atom is 0.203 e. The van der Waals surface area contributed by atoms with Gasteiger partial charge in [-0.25, -0.2) is 12.7 Å². The third-order valence-corrected chi connectivity index (χ3v) is 4.00. The zero-order chi connectivity index (χ0) is 13.6. The van der Waals surface area contributed by atoms with Gasteiger partial charge in [0, 0.05) is 19.1 Å². The lowest BCUT2D eigenvalue weighted by atomic mass is 10.1. The predicted octanol–water partition coefficient (Wildman–Crippen LogP) is -0.571. The lowest BCUT2D eigenvalue weighted by molar-refractivity contribution is -0.0424. The maximum atomic E-state index is 10.9.